The summed E-state index contributed by atoms with van der Waals surface area (Å²) in [5, 5.41) is 23.1. The predicted molar refractivity (Wildman–Crippen MR) is 137 cm³/mol. The number of methoxy groups -OCH3 is 1. The van der Waals surface area contributed by atoms with Crippen LogP contribution >= 0.6 is 0 Å². The highest BCUT2D eigenvalue weighted by Crippen LogP contribution is 2.40. The lowest BCUT2D eigenvalue weighted by Gasteiger charge is -2.12. The van der Waals surface area contributed by atoms with Crippen LogP contribution in [-0.2, 0) is 9.53 Å². The van der Waals surface area contributed by atoms with Crippen LogP contribution in [0.5, 0.6) is 0 Å². The third-order valence-electron chi connectivity index (χ3n) is 6.14. The number of benzene rings is 2. The van der Waals surface area contributed by atoms with Crippen LogP contribution in [0.25, 0.3) is 33.5 Å². The van der Waals surface area contributed by atoms with E-state index in [9.17, 15) is 15.0 Å². The molecule has 34 heavy (non-hydrogen) atoms. The molecule has 0 fully saturated rings. The van der Waals surface area contributed by atoms with Crippen LogP contribution in [0.2, 0.25) is 0 Å². The van der Waals surface area contributed by atoms with Gasteiger partial charge in [0, 0.05) is 34.8 Å². The molecule has 2 aromatic heterocycles. The fourth-order valence-electron chi connectivity index (χ4n) is 4.64. The van der Waals surface area contributed by atoms with E-state index in [1.165, 1.54) is 17.9 Å². The lowest BCUT2D eigenvalue weighted by Crippen LogP contribution is -2.20. The standard InChI is InChI=1S/C29H31NO4/c1-19(2)28-25(14-13-22(31)17-23(32)18-26(33)34-3)27(21-10-5-4-6-11-21)29-24-12-8-7-9-20(24)15-16-30(28)29/h4-16,19,22-23,31-32H,17-18H2,1-3H3/b14-13+. The summed E-state index contributed by atoms with van der Waals surface area (Å²) in [5.41, 5.74) is 5.54. The third kappa shape index (κ3) is 4.76. The van der Waals surface area contributed by atoms with Crippen LogP contribution in [-0.4, -0.2) is 39.9 Å². The van der Waals surface area contributed by atoms with Crippen molar-refractivity contribution < 1.29 is 19.7 Å². The normalized spacial score (nSPS) is 13.7. The second-order valence-corrected chi connectivity index (χ2v) is 8.91. The number of carbonyl (C=O) groups excluding carboxylic acids is 1. The lowest BCUT2D eigenvalue weighted by molar-refractivity contribution is -0.143. The number of hydrogen-bond acceptors (Lipinski definition) is 4. The summed E-state index contributed by atoms with van der Waals surface area (Å²) in [7, 11) is 1.28. The monoisotopic (exact) mass is 457 g/mol. The van der Waals surface area contributed by atoms with E-state index in [2.05, 4.69) is 65.6 Å². The van der Waals surface area contributed by atoms with Gasteiger partial charge in [-0.1, -0.05) is 80.6 Å². The maximum absolute atomic E-state index is 11.4. The first-order valence-corrected chi connectivity index (χ1v) is 11.6. The molecule has 0 bridgehead atoms. The molecular formula is C29H31NO4. The molecule has 0 aliphatic heterocycles. The highest BCUT2D eigenvalue weighted by atomic mass is 16.5. The molecule has 0 saturated carbocycles. The summed E-state index contributed by atoms with van der Waals surface area (Å²) in [5.74, 6) is -0.268. The van der Waals surface area contributed by atoms with Gasteiger partial charge >= 0.3 is 5.97 Å². The molecule has 0 aliphatic rings. The first-order chi connectivity index (χ1) is 16.4. The van der Waals surface area contributed by atoms with Crippen LogP contribution in [0.15, 0.2) is 72.9 Å². The smallest absolute Gasteiger partial charge is 0.308 e. The molecule has 2 heterocycles. The van der Waals surface area contributed by atoms with Crippen LogP contribution in [0.4, 0.5) is 0 Å². The van der Waals surface area contributed by atoms with Crippen molar-refractivity contribution in [2.75, 3.05) is 7.11 Å². The number of nitrogens with zero attached hydrogens (tertiary/aromatic N) is 1. The summed E-state index contributed by atoms with van der Waals surface area (Å²) in [6.45, 7) is 4.33. The predicted octanol–water partition coefficient (Wildman–Crippen LogP) is 5.57. The van der Waals surface area contributed by atoms with Gasteiger partial charge in [-0.05, 0) is 22.9 Å². The van der Waals surface area contributed by atoms with E-state index in [4.69, 9.17) is 0 Å². The molecule has 2 unspecified atom stereocenters. The van der Waals surface area contributed by atoms with Gasteiger partial charge in [0.2, 0.25) is 0 Å². The van der Waals surface area contributed by atoms with Gasteiger partial charge in [0.25, 0.3) is 0 Å². The number of aliphatic hydroxyl groups excluding tert-OH is 2. The highest BCUT2D eigenvalue weighted by Gasteiger charge is 2.22. The molecule has 176 valence electrons. The SMILES string of the molecule is COC(=O)CC(O)CC(O)/C=C/c1c(-c2ccccc2)c2c3ccccc3ccn2c1C(C)C. The molecule has 4 rings (SSSR count). The molecule has 0 aliphatic carbocycles. The number of ether oxygens (including phenoxy) is 1. The van der Waals surface area contributed by atoms with E-state index in [-0.39, 0.29) is 18.8 Å². The number of esters is 1. The maximum Gasteiger partial charge on any atom is 0.308 e. The maximum atomic E-state index is 11.4. The largest absolute Gasteiger partial charge is 0.469 e. The molecule has 2 N–H and O–H groups in total. The van der Waals surface area contributed by atoms with Gasteiger partial charge in [-0.2, -0.15) is 0 Å². The van der Waals surface area contributed by atoms with Gasteiger partial charge in [0.05, 0.1) is 31.3 Å². The first-order valence-electron chi connectivity index (χ1n) is 11.6. The van der Waals surface area contributed by atoms with Crippen LogP contribution in [0.3, 0.4) is 0 Å². The molecule has 4 aromatic rings. The van der Waals surface area contributed by atoms with E-state index in [1.807, 2.05) is 30.3 Å². The van der Waals surface area contributed by atoms with E-state index < -0.39 is 18.2 Å². The number of aliphatic hydroxyl groups is 2. The Balaban J connectivity index is 1.87. The number of pyridine rings is 1. The van der Waals surface area contributed by atoms with Crippen LogP contribution < -0.4 is 0 Å². The van der Waals surface area contributed by atoms with Crippen molar-refractivity contribution in [1.29, 1.82) is 0 Å². The Hall–Kier alpha value is -3.41. The molecule has 0 saturated heterocycles. The number of fused-ring (bicyclic) bond motifs is 3. The zero-order valence-electron chi connectivity index (χ0n) is 19.8. The average Bonchev–Trinajstić information content (AvgIpc) is 3.18. The Morgan fingerprint density at radius 3 is 2.44 bits per heavy atom. The molecule has 5 heteroatoms. The average molecular weight is 458 g/mol. The zero-order valence-corrected chi connectivity index (χ0v) is 19.8. The van der Waals surface area contributed by atoms with Gasteiger partial charge in [-0.15, -0.1) is 0 Å². The van der Waals surface area contributed by atoms with Crippen molar-refractivity contribution >= 4 is 28.3 Å². The van der Waals surface area contributed by atoms with Crippen molar-refractivity contribution in [1.82, 2.24) is 4.40 Å². The number of hydrogen-bond donors (Lipinski definition) is 2. The van der Waals surface area contributed by atoms with Crippen molar-refractivity contribution in [3.05, 3.63) is 84.2 Å². The van der Waals surface area contributed by atoms with Crippen molar-refractivity contribution in [2.24, 2.45) is 0 Å². The molecule has 5 nitrogen and oxygen atoms in total. The molecule has 0 amide bonds. The molecule has 0 radical (unpaired) electrons. The summed E-state index contributed by atoms with van der Waals surface area (Å²) in [6, 6.07) is 20.8. The minimum absolute atomic E-state index is 0.0551. The minimum Gasteiger partial charge on any atom is -0.469 e. The van der Waals surface area contributed by atoms with Gasteiger partial charge in [0.1, 0.15) is 0 Å². The van der Waals surface area contributed by atoms with Gasteiger partial charge in [-0.25, -0.2) is 0 Å². The number of carbonyl (C=O) groups is 1. The Labute approximate surface area is 199 Å². The van der Waals surface area contributed by atoms with E-state index in [0.717, 1.165) is 27.9 Å². The summed E-state index contributed by atoms with van der Waals surface area (Å²) in [4.78, 5) is 11.4. The van der Waals surface area contributed by atoms with Gasteiger partial charge in [0.15, 0.2) is 0 Å². The van der Waals surface area contributed by atoms with Crippen LogP contribution in [0.1, 0.15) is 43.9 Å². The van der Waals surface area contributed by atoms with Crippen molar-refractivity contribution in [2.45, 2.75) is 44.8 Å². The Kier molecular flexibility index (Phi) is 7.15. The van der Waals surface area contributed by atoms with E-state index in [1.54, 1.807) is 6.08 Å². The van der Waals surface area contributed by atoms with E-state index in [0.29, 0.717) is 0 Å². The van der Waals surface area contributed by atoms with Crippen LogP contribution in [0, 0.1) is 0 Å². The van der Waals surface area contributed by atoms with E-state index >= 15 is 0 Å². The van der Waals surface area contributed by atoms with Gasteiger partial charge in [-0.3, -0.25) is 4.79 Å². The minimum atomic E-state index is -0.970. The number of rotatable bonds is 8. The van der Waals surface area contributed by atoms with Gasteiger partial charge < -0.3 is 19.4 Å². The Bertz CT molecular complexity index is 1320. The molecule has 2 atom stereocenters. The fraction of sp³-hybridized carbons (Fsp3) is 0.276. The second kappa shape index (κ2) is 10.2. The topological polar surface area (TPSA) is 71.2 Å². The summed E-state index contributed by atoms with van der Waals surface area (Å²) in [6.07, 6.45) is 3.82. The first kappa shape index (κ1) is 23.7. The lowest BCUT2D eigenvalue weighted by atomic mass is 9.95. The zero-order chi connectivity index (χ0) is 24.2. The summed E-state index contributed by atoms with van der Waals surface area (Å²) >= 11 is 0. The summed E-state index contributed by atoms with van der Waals surface area (Å²) < 4.78 is 6.86. The highest BCUT2D eigenvalue weighted by molar-refractivity contribution is 6.06. The van der Waals surface area contributed by atoms with Crippen molar-refractivity contribution in [3.63, 3.8) is 0 Å². The molecule has 2 aromatic carbocycles. The Morgan fingerprint density at radius 2 is 1.74 bits per heavy atom. The third-order valence-corrected chi connectivity index (χ3v) is 6.14. The molecular weight excluding hydrogens is 426 g/mol. The second-order valence-electron chi connectivity index (χ2n) is 8.91. The quantitative estimate of drug-likeness (QED) is 0.339. The van der Waals surface area contributed by atoms with Crippen molar-refractivity contribution in [3.8, 4) is 11.1 Å². The Morgan fingerprint density at radius 1 is 1.03 bits per heavy atom. The fourth-order valence-corrected chi connectivity index (χ4v) is 4.64. The number of aromatic nitrogens is 1. The molecule has 0 spiro atoms.